The van der Waals surface area contributed by atoms with E-state index in [9.17, 15) is 9.90 Å². The highest BCUT2D eigenvalue weighted by atomic mass is 16.3. The zero-order valence-corrected chi connectivity index (χ0v) is 11.8. The monoisotopic (exact) mass is 271 g/mol. The van der Waals surface area contributed by atoms with Crippen LogP contribution >= 0.6 is 0 Å². The highest BCUT2D eigenvalue weighted by Gasteiger charge is 2.09. The SMILES string of the molecule is Cc1nc(C)c(CNC(=O)c2ccc(O)cc2)nc1C. The molecule has 0 saturated heterocycles. The molecule has 0 aliphatic rings. The zero-order chi connectivity index (χ0) is 14.7. The lowest BCUT2D eigenvalue weighted by molar-refractivity contribution is 0.0950. The maximum absolute atomic E-state index is 12.0. The molecule has 0 aliphatic heterocycles. The summed E-state index contributed by atoms with van der Waals surface area (Å²) in [6, 6.07) is 6.11. The van der Waals surface area contributed by atoms with E-state index in [2.05, 4.69) is 15.3 Å². The van der Waals surface area contributed by atoms with Crippen LogP contribution in [0.3, 0.4) is 0 Å². The average Bonchev–Trinajstić information content (AvgIpc) is 2.42. The van der Waals surface area contributed by atoms with E-state index in [4.69, 9.17) is 0 Å². The van der Waals surface area contributed by atoms with Crippen LogP contribution in [0.2, 0.25) is 0 Å². The summed E-state index contributed by atoms with van der Waals surface area (Å²) in [5.74, 6) is -0.0677. The number of hydrogen-bond donors (Lipinski definition) is 2. The number of carbonyl (C=O) groups excluding carboxylic acids is 1. The summed E-state index contributed by atoms with van der Waals surface area (Å²) >= 11 is 0. The fourth-order valence-corrected chi connectivity index (χ4v) is 1.81. The molecular weight excluding hydrogens is 254 g/mol. The summed E-state index contributed by atoms with van der Waals surface area (Å²) in [6.07, 6.45) is 0. The van der Waals surface area contributed by atoms with E-state index in [1.807, 2.05) is 20.8 Å². The molecule has 1 aromatic heterocycles. The van der Waals surface area contributed by atoms with Crippen LogP contribution in [-0.2, 0) is 6.54 Å². The predicted molar refractivity (Wildman–Crippen MR) is 75.5 cm³/mol. The van der Waals surface area contributed by atoms with Gasteiger partial charge >= 0.3 is 0 Å². The predicted octanol–water partition coefficient (Wildman–Crippen LogP) is 2.04. The van der Waals surface area contributed by atoms with Crippen LogP contribution in [0.1, 0.15) is 33.1 Å². The van der Waals surface area contributed by atoms with Crippen LogP contribution in [-0.4, -0.2) is 21.0 Å². The molecule has 1 heterocycles. The van der Waals surface area contributed by atoms with Crippen molar-refractivity contribution in [3.05, 3.63) is 52.6 Å². The second-order valence-electron chi connectivity index (χ2n) is 4.66. The first-order chi connectivity index (χ1) is 9.47. The molecule has 0 spiro atoms. The van der Waals surface area contributed by atoms with Gasteiger partial charge in [-0.15, -0.1) is 0 Å². The molecular formula is C15H17N3O2. The smallest absolute Gasteiger partial charge is 0.251 e. The van der Waals surface area contributed by atoms with Crippen LogP contribution in [0.15, 0.2) is 24.3 Å². The molecule has 1 amide bonds. The highest BCUT2D eigenvalue weighted by molar-refractivity contribution is 5.94. The number of aryl methyl sites for hydroxylation is 3. The van der Waals surface area contributed by atoms with Gasteiger partial charge in [-0.1, -0.05) is 0 Å². The van der Waals surface area contributed by atoms with Gasteiger partial charge in [-0.25, -0.2) is 0 Å². The Balaban J connectivity index is 2.07. The molecule has 104 valence electrons. The van der Waals surface area contributed by atoms with E-state index >= 15 is 0 Å². The van der Waals surface area contributed by atoms with Crippen molar-refractivity contribution in [3.63, 3.8) is 0 Å². The van der Waals surface area contributed by atoms with Crippen LogP contribution in [0, 0.1) is 20.8 Å². The lowest BCUT2D eigenvalue weighted by atomic mass is 10.2. The molecule has 0 aliphatic carbocycles. The van der Waals surface area contributed by atoms with Crippen molar-refractivity contribution >= 4 is 5.91 Å². The second kappa shape index (κ2) is 5.69. The molecule has 0 atom stereocenters. The van der Waals surface area contributed by atoms with Crippen molar-refractivity contribution in [3.8, 4) is 5.75 Å². The van der Waals surface area contributed by atoms with Gasteiger partial charge < -0.3 is 10.4 Å². The Kier molecular flexibility index (Phi) is 3.98. The van der Waals surface area contributed by atoms with E-state index in [1.165, 1.54) is 12.1 Å². The van der Waals surface area contributed by atoms with Gasteiger partial charge in [-0.2, -0.15) is 0 Å². The van der Waals surface area contributed by atoms with E-state index < -0.39 is 0 Å². The summed E-state index contributed by atoms with van der Waals surface area (Å²) in [5, 5.41) is 12.0. The third kappa shape index (κ3) is 3.12. The van der Waals surface area contributed by atoms with Gasteiger partial charge in [0.05, 0.1) is 29.3 Å². The molecule has 2 aromatic rings. The standard InChI is InChI=1S/C15H17N3O2/c1-9-10(2)18-14(11(3)17-9)8-16-15(20)12-4-6-13(19)7-5-12/h4-7,19H,8H2,1-3H3,(H,16,20). The van der Waals surface area contributed by atoms with E-state index in [-0.39, 0.29) is 11.7 Å². The van der Waals surface area contributed by atoms with Gasteiger partial charge in [-0.05, 0) is 45.0 Å². The number of benzene rings is 1. The van der Waals surface area contributed by atoms with Crippen LogP contribution in [0.5, 0.6) is 5.75 Å². The number of rotatable bonds is 3. The first-order valence-corrected chi connectivity index (χ1v) is 6.35. The van der Waals surface area contributed by atoms with Gasteiger partial charge in [0, 0.05) is 5.56 Å². The maximum atomic E-state index is 12.0. The van der Waals surface area contributed by atoms with E-state index in [1.54, 1.807) is 12.1 Å². The van der Waals surface area contributed by atoms with Crippen molar-refractivity contribution < 1.29 is 9.90 Å². The Bertz CT molecular complexity index is 636. The van der Waals surface area contributed by atoms with Gasteiger partial charge in [0.1, 0.15) is 5.75 Å². The number of hydrogen-bond acceptors (Lipinski definition) is 4. The van der Waals surface area contributed by atoms with E-state index in [0.29, 0.717) is 12.1 Å². The Labute approximate surface area is 117 Å². The topological polar surface area (TPSA) is 75.1 Å². The molecule has 20 heavy (non-hydrogen) atoms. The van der Waals surface area contributed by atoms with Gasteiger partial charge in [0.2, 0.25) is 0 Å². The first-order valence-electron chi connectivity index (χ1n) is 6.35. The van der Waals surface area contributed by atoms with Gasteiger partial charge in [0.15, 0.2) is 0 Å². The molecule has 0 bridgehead atoms. The first kappa shape index (κ1) is 14.0. The van der Waals surface area contributed by atoms with Crippen molar-refractivity contribution in [2.24, 2.45) is 0 Å². The summed E-state index contributed by atoms with van der Waals surface area (Å²) < 4.78 is 0. The summed E-state index contributed by atoms with van der Waals surface area (Å²) in [6.45, 7) is 6.02. The largest absolute Gasteiger partial charge is 0.508 e. The fraction of sp³-hybridized carbons (Fsp3) is 0.267. The lowest BCUT2D eigenvalue weighted by Gasteiger charge is -2.09. The Hall–Kier alpha value is -2.43. The number of phenolic OH excluding ortho intramolecular Hbond substituents is 1. The maximum Gasteiger partial charge on any atom is 0.251 e. The van der Waals surface area contributed by atoms with Crippen LogP contribution < -0.4 is 5.32 Å². The fourth-order valence-electron chi connectivity index (χ4n) is 1.81. The molecule has 0 radical (unpaired) electrons. The van der Waals surface area contributed by atoms with Crippen molar-refractivity contribution in [2.45, 2.75) is 27.3 Å². The number of nitrogens with one attached hydrogen (secondary N) is 1. The Morgan fingerprint density at radius 3 is 2.30 bits per heavy atom. The summed E-state index contributed by atoms with van der Waals surface area (Å²) in [7, 11) is 0. The quantitative estimate of drug-likeness (QED) is 0.895. The third-order valence-electron chi connectivity index (χ3n) is 3.13. The van der Waals surface area contributed by atoms with Crippen LogP contribution in [0.4, 0.5) is 0 Å². The Morgan fingerprint density at radius 1 is 1.05 bits per heavy atom. The minimum absolute atomic E-state index is 0.137. The molecule has 0 saturated carbocycles. The molecule has 5 heteroatoms. The number of carbonyl (C=O) groups is 1. The summed E-state index contributed by atoms with van der Waals surface area (Å²) in [4.78, 5) is 20.8. The van der Waals surface area contributed by atoms with Crippen LogP contribution in [0.25, 0.3) is 0 Å². The van der Waals surface area contributed by atoms with Gasteiger partial charge in [0.25, 0.3) is 5.91 Å². The van der Waals surface area contributed by atoms with Crippen molar-refractivity contribution in [1.82, 2.24) is 15.3 Å². The second-order valence-corrected chi connectivity index (χ2v) is 4.66. The molecule has 0 unspecified atom stereocenters. The van der Waals surface area contributed by atoms with E-state index in [0.717, 1.165) is 22.8 Å². The Morgan fingerprint density at radius 2 is 1.65 bits per heavy atom. The number of aromatic nitrogens is 2. The lowest BCUT2D eigenvalue weighted by Crippen LogP contribution is -2.24. The molecule has 5 nitrogen and oxygen atoms in total. The molecule has 1 aromatic carbocycles. The zero-order valence-electron chi connectivity index (χ0n) is 11.8. The molecule has 2 N–H and O–H groups in total. The minimum atomic E-state index is -0.204. The number of aromatic hydroxyl groups is 1. The van der Waals surface area contributed by atoms with Crippen molar-refractivity contribution in [1.29, 1.82) is 0 Å². The molecule has 2 rings (SSSR count). The normalized spacial score (nSPS) is 10.3. The number of phenols is 1. The summed E-state index contributed by atoms with van der Waals surface area (Å²) in [5.41, 5.74) is 3.84. The van der Waals surface area contributed by atoms with Gasteiger partial charge in [-0.3, -0.25) is 14.8 Å². The minimum Gasteiger partial charge on any atom is -0.508 e. The average molecular weight is 271 g/mol. The number of amides is 1. The third-order valence-corrected chi connectivity index (χ3v) is 3.13. The highest BCUT2D eigenvalue weighted by Crippen LogP contribution is 2.10. The number of nitrogens with zero attached hydrogens (tertiary/aromatic N) is 2. The van der Waals surface area contributed by atoms with Crippen molar-refractivity contribution in [2.75, 3.05) is 0 Å². The molecule has 0 fully saturated rings.